The van der Waals surface area contributed by atoms with Gasteiger partial charge in [-0.3, -0.25) is 14.4 Å². The van der Waals surface area contributed by atoms with Crippen molar-refractivity contribution in [3.63, 3.8) is 0 Å². The Morgan fingerprint density at radius 2 is 1.70 bits per heavy atom. The van der Waals surface area contributed by atoms with Crippen molar-refractivity contribution in [2.24, 2.45) is 0 Å². The molecule has 6 nitrogen and oxygen atoms in total. The standard InChI is InChI=1S/C12H23N3O3.C2H6/c1-4-5-11(17)15-10(8-9(2)16)12(18)14-7-6-13-3;1-2/h10,13H,4-8H2,1-3H3,(H,14,18)(H,15,17);1-2H3. The predicted molar refractivity (Wildman–Crippen MR) is 80.4 cm³/mol. The maximum absolute atomic E-state index is 11.8. The Balaban J connectivity index is 0. The number of carbonyl (C=O) groups excluding carboxylic acids is 3. The topological polar surface area (TPSA) is 87.3 Å². The summed E-state index contributed by atoms with van der Waals surface area (Å²) in [5, 5.41) is 8.15. The van der Waals surface area contributed by atoms with Gasteiger partial charge in [0.15, 0.2) is 0 Å². The summed E-state index contributed by atoms with van der Waals surface area (Å²) in [4.78, 5) is 34.3. The molecule has 0 radical (unpaired) electrons. The van der Waals surface area contributed by atoms with Crippen molar-refractivity contribution in [3.8, 4) is 0 Å². The molecule has 0 fully saturated rings. The second kappa shape index (κ2) is 14.0. The van der Waals surface area contributed by atoms with Crippen LogP contribution in [0.15, 0.2) is 0 Å². The maximum atomic E-state index is 11.8. The fourth-order valence-corrected chi connectivity index (χ4v) is 1.42. The summed E-state index contributed by atoms with van der Waals surface area (Å²) in [6.45, 7) is 8.39. The summed E-state index contributed by atoms with van der Waals surface area (Å²) in [5.74, 6) is -0.641. The fourth-order valence-electron chi connectivity index (χ4n) is 1.42. The maximum Gasteiger partial charge on any atom is 0.243 e. The largest absolute Gasteiger partial charge is 0.353 e. The van der Waals surface area contributed by atoms with Gasteiger partial charge >= 0.3 is 0 Å². The van der Waals surface area contributed by atoms with Crippen molar-refractivity contribution < 1.29 is 14.4 Å². The molecule has 0 aliphatic heterocycles. The number of ketones is 1. The quantitative estimate of drug-likeness (QED) is 0.542. The number of hydrogen-bond acceptors (Lipinski definition) is 4. The normalized spacial score (nSPS) is 10.8. The first-order valence-electron chi connectivity index (χ1n) is 7.22. The van der Waals surface area contributed by atoms with E-state index >= 15 is 0 Å². The van der Waals surface area contributed by atoms with Crippen LogP contribution in [0.1, 0.15) is 47.0 Å². The first-order valence-corrected chi connectivity index (χ1v) is 7.22. The van der Waals surface area contributed by atoms with Gasteiger partial charge in [-0.1, -0.05) is 20.8 Å². The van der Waals surface area contributed by atoms with Gasteiger partial charge in [-0.15, -0.1) is 0 Å². The number of rotatable bonds is 9. The van der Waals surface area contributed by atoms with E-state index in [2.05, 4.69) is 16.0 Å². The van der Waals surface area contributed by atoms with Crippen molar-refractivity contribution in [2.45, 2.75) is 53.0 Å². The summed E-state index contributed by atoms with van der Waals surface area (Å²) < 4.78 is 0. The fraction of sp³-hybridized carbons (Fsp3) is 0.786. The number of Topliss-reactive ketones (excluding diaryl/α,β-unsaturated/α-hetero) is 1. The van der Waals surface area contributed by atoms with Crippen LogP contribution >= 0.6 is 0 Å². The van der Waals surface area contributed by atoms with Gasteiger partial charge in [0.1, 0.15) is 11.8 Å². The van der Waals surface area contributed by atoms with Crippen LogP contribution in [-0.2, 0) is 14.4 Å². The molecule has 0 aliphatic rings. The molecule has 2 amide bonds. The first-order chi connectivity index (χ1) is 9.51. The highest BCUT2D eigenvalue weighted by atomic mass is 16.2. The van der Waals surface area contributed by atoms with E-state index in [4.69, 9.17) is 0 Å². The Morgan fingerprint density at radius 1 is 1.10 bits per heavy atom. The van der Waals surface area contributed by atoms with Gasteiger partial charge in [0, 0.05) is 25.9 Å². The molecule has 118 valence electrons. The highest BCUT2D eigenvalue weighted by molar-refractivity contribution is 5.91. The molecule has 0 rings (SSSR count). The number of nitrogens with one attached hydrogen (secondary N) is 3. The average Bonchev–Trinajstić information content (AvgIpc) is 2.40. The molecular weight excluding hydrogens is 258 g/mol. The van der Waals surface area contributed by atoms with Crippen LogP contribution in [0.5, 0.6) is 0 Å². The molecule has 0 aromatic heterocycles. The van der Waals surface area contributed by atoms with E-state index in [9.17, 15) is 14.4 Å². The number of amides is 2. The lowest BCUT2D eigenvalue weighted by atomic mass is 10.1. The smallest absolute Gasteiger partial charge is 0.243 e. The molecule has 3 N–H and O–H groups in total. The minimum atomic E-state index is -0.765. The monoisotopic (exact) mass is 287 g/mol. The zero-order chi connectivity index (χ0) is 16.0. The van der Waals surface area contributed by atoms with Gasteiger partial charge < -0.3 is 16.0 Å². The van der Waals surface area contributed by atoms with Crippen molar-refractivity contribution in [3.05, 3.63) is 0 Å². The van der Waals surface area contributed by atoms with Crippen molar-refractivity contribution in [1.29, 1.82) is 0 Å². The van der Waals surface area contributed by atoms with Crippen LogP contribution in [0.25, 0.3) is 0 Å². The van der Waals surface area contributed by atoms with Crippen LogP contribution in [0, 0.1) is 0 Å². The minimum Gasteiger partial charge on any atom is -0.353 e. The Hall–Kier alpha value is -1.43. The van der Waals surface area contributed by atoms with Crippen molar-refractivity contribution in [1.82, 2.24) is 16.0 Å². The van der Waals surface area contributed by atoms with E-state index in [0.717, 1.165) is 0 Å². The van der Waals surface area contributed by atoms with Gasteiger partial charge in [0.05, 0.1) is 0 Å². The number of hydrogen-bond donors (Lipinski definition) is 3. The lowest BCUT2D eigenvalue weighted by Crippen LogP contribution is -2.48. The molecule has 0 bridgehead atoms. The zero-order valence-corrected chi connectivity index (χ0v) is 13.3. The van der Waals surface area contributed by atoms with Crippen molar-refractivity contribution >= 4 is 17.6 Å². The highest BCUT2D eigenvalue weighted by Gasteiger charge is 2.21. The van der Waals surface area contributed by atoms with Gasteiger partial charge in [-0.2, -0.15) is 0 Å². The van der Waals surface area contributed by atoms with Gasteiger partial charge in [-0.25, -0.2) is 0 Å². The van der Waals surface area contributed by atoms with Crippen LogP contribution in [0.3, 0.4) is 0 Å². The molecule has 0 aromatic rings. The molecule has 0 spiro atoms. The summed E-state index contributed by atoms with van der Waals surface area (Å²) >= 11 is 0. The van der Waals surface area contributed by atoms with E-state index in [1.54, 1.807) is 7.05 Å². The summed E-state index contributed by atoms with van der Waals surface area (Å²) in [5.41, 5.74) is 0. The lowest BCUT2D eigenvalue weighted by molar-refractivity contribution is -0.131. The Labute approximate surface area is 122 Å². The third-order valence-electron chi connectivity index (χ3n) is 2.29. The number of likely N-dealkylation sites (N-methyl/N-ethyl adjacent to an activating group) is 1. The molecule has 0 heterocycles. The van der Waals surface area contributed by atoms with E-state index in [-0.39, 0.29) is 24.0 Å². The van der Waals surface area contributed by atoms with Crippen LogP contribution in [0.2, 0.25) is 0 Å². The highest BCUT2D eigenvalue weighted by Crippen LogP contribution is 1.96. The molecule has 1 atom stereocenters. The molecule has 20 heavy (non-hydrogen) atoms. The van der Waals surface area contributed by atoms with Gasteiger partial charge in [0.2, 0.25) is 11.8 Å². The predicted octanol–water partition coefficient (Wildman–Crippen LogP) is 0.612. The minimum absolute atomic E-state index is 0.0286. The molecule has 0 aliphatic carbocycles. The molecule has 6 heteroatoms. The Morgan fingerprint density at radius 3 is 2.15 bits per heavy atom. The SMILES string of the molecule is CC.CCCC(=O)NC(CC(C)=O)C(=O)NCCNC. The lowest BCUT2D eigenvalue weighted by Gasteiger charge is -2.17. The summed E-state index contributed by atoms with van der Waals surface area (Å²) in [6, 6.07) is -0.765. The Bertz CT molecular complexity index is 293. The van der Waals surface area contributed by atoms with E-state index in [0.29, 0.717) is 25.9 Å². The molecule has 0 saturated heterocycles. The second-order valence-electron chi connectivity index (χ2n) is 4.17. The van der Waals surface area contributed by atoms with Gasteiger partial charge in [-0.05, 0) is 20.4 Å². The van der Waals surface area contributed by atoms with Crippen LogP contribution < -0.4 is 16.0 Å². The molecule has 0 saturated carbocycles. The van der Waals surface area contributed by atoms with Crippen LogP contribution in [0.4, 0.5) is 0 Å². The molecule has 1 unspecified atom stereocenters. The Kier molecular flexibility index (Phi) is 14.6. The van der Waals surface area contributed by atoms with Gasteiger partial charge in [0.25, 0.3) is 0 Å². The van der Waals surface area contributed by atoms with E-state index in [1.165, 1.54) is 6.92 Å². The average molecular weight is 287 g/mol. The first kappa shape index (κ1) is 20.9. The summed E-state index contributed by atoms with van der Waals surface area (Å²) in [7, 11) is 1.78. The molecule has 0 aromatic carbocycles. The van der Waals surface area contributed by atoms with Crippen LogP contribution in [-0.4, -0.2) is 43.8 Å². The third kappa shape index (κ3) is 11.6. The second-order valence-corrected chi connectivity index (χ2v) is 4.17. The molecular formula is C14H29N3O3. The van der Waals surface area contributed by atoms with Crippen molar-refractivity contribution in [2.75, 3.05) is 20.1 Å². The van der Waals surface area contributed by atoms with E-state index in [1.807, 2.05) is 20.8 Å². The third-order valence-corrected chi connectivity index (χ3v) is 2.29. The van der Waals surface area contributed by atoms with E-state index < -0.39 is 6.04 Å². The zero-order valence-electron chi connectivity index (χ0n) is 13.3. The number of carbonyl (C=O) groups is 3. The summed E-state index contributed by atoms with van der Waals surface area (Å²) in [6.07, 6.45) is 1.10.